The Morgan fingerprint density at radius 2 is 1.89 bits per heavy atom. The van der Waals surface area contributed by atoms with Gasteiger partial charge in [-0.2, -0.15) is 5.10 Å². The summed E-state index contributed by atoms with van der Waals surface area (Å²) in [5, 5.41) is 10.5. The number of nitrogens with zero attached hydrogens (tertiary/aromatic N) is 3. The lowest BCUT2D eigenvalue weighted by Gasteiger charge is -2.07. The van der Waals surface area contributed by atoms with Crippen LogP contribution >= 0.6 is 22.6 Å². The third kappa shape index (κ3) is 3.06. The van der Waals surface area contributed by atoms with E-state index in [0.717, 1.165) is 20.5 Å². The van der Waals surface area contributed by atoms with Crippen molar-refractivity contribution >= 4 is 34.4 Å². The van der Waals surface area contributed by atoms with E-state index in [0.29, 0.717) is 5.56 Å². The summed E-state index contributed by atoms with van der Waals surface area (Å²) in [5.41, 5.74) is 3.18. The van der Waals surface area contributed by atoms with Gasteiger partial charge in [0.2, 0.25) is 5.95 Å². The number of anilines is 1. The zero-order valence-corrected chi connectivity index (χ0v) is 13.0. The highest BCUT2D eigenvalue weighted by Gasteiger charge is 2.13. The average Bonchev–Trinajstić information content (AvgIpc) is 2.37. The van der Waals surface area contributed by atoms with Crippen LogP contribution in [-0.4, -0.2) is 21.1 Å². The van der Waals surface area contributed by atoms with E-state index in [2.05, 4.69) is 43.1 Å². The molecular formula is C13H13IN4O. The van der Waals surface area contributed by atoms with E-state index >= 15 is 0 Å². The van der Waals surface area contributed by atoms with Crippen molar-refractivity contribution in [1.82, 2.24) is 15.2 Å². The summed E-state index contributed by atoms with van der Waals surface area (Å²) in [6.45, 7) is 5.62. The van der Waals surface area contributed by atoms with Crippen molar-refractivity contribution in [2.45, 2.75) is 20.8 Å². The van der Waals surface area contributed by atoms with Crippen molar-refractivity contribution < 1.29 is 4.79 Å². The molecule has 0 saturated heterocycles. The molecule has 0 aliphatic heterocycles. The van der Waals surface area contributed by atoms with Gasteiger partial charge in [-0.05, 0) is 55.0 Å². The molecule has 0 unspecified atom stereocenters. The molecule has 2 rings (SSSR count). The minimum absolute atomic E-state index is 0.224. The summed E-state index contributed by atoms with van der Waals surface area (Å²) >= 11 is 2.16. The zero-order chi connectivity index (χ0) is 14.0. The summed E-state index contributed by atoms with van der Waals surface area (Å²) < 4.78 is 0.925. The Bertz CT molecular complexity index is 643. The van der Waals surface area contributed by atoms with Crippen molar-refractivity contribution in [2.75, 3.05) is 5.32 Å². The van der Waals surface area contributed by atoms with Crippen LogP contribution in [0.5, 0.6) is 0 Å². The summed E-state index contributed by atoms with van der Waals surface area (Å²) in [5.74, 6) is 0.00330. The number of hydrogen-bond acceptors (Lipinski definition) is 4. The molecule has 5 nitrogen and oxygen atoms in total. The Kier molecular flexibility index (Phi) is 4.08. The van der Waals surface area contributed by atoms with Crippen LogP contribution < -0.4 is 5.32 Å². The van der Waals surface area contributed by atoms with Crippen LogP contribution in [0.3, 0.4) is 0 Å². The molecule has 0 aliphatic rings. The molecule has 0 spiro atoms. The summed E-state index contributed by atoms with van der Waals surface area (Å²) in [4.78, 5) is 16.3. The Morgan fingerprint density at radius 3 is 2.58 bits per heavy atom. The molecule has 2 aromatic rings. The molecule has 1 amide bonds. The summed E-state index contributed by atoms with van der Waals surface area (Å²) in [6.07, 6.45) is 0. The number of halogens is 1. The second-order valence-electron chi connectivity index (χ2n) is 4.20. The van der Waals surface area contributed by atoms with Crippen LogP contribution in [0, 0.1) is 24.3 Å². The van der Waals surface area contributed by atoms with Crippen molar-refractivity contribution in [1.29, 1.82) is 0 Å². The molecule has 0 atom stereocenters. The number of carbonyl (C=O) groups is 1. The van der Waals surface area contributed by atoms with Gasteiger partial charge in [-0.25, -0.2) is 4.98 Å². The molecule has 1 N–H and O–H groups in total. The second-order valence-corrected chi connectivity index (χ2v) is 5.28. The van der Waals surface area contributed by atoms with Crippen LogP contribution in [0.15, 0.2) is 18.2 Å². The van der Waals surface area contributed by atoms with Gasteiger partial charge >= 0.3 is 0 Å². The molecule has 0 aliphatic carbocycles. The van der Waals surface area contributed by atoms with E-state index in [1.807, 2.05) is 32.9 Å². The normalized spacial score (nSPS) is 10.3. The monoisotopic (exact) mass is 368 g/mol. The molecule has 0 fully saturated rings. The van der Waals surface area contributed by atoms with Gasteiger partial charge in [0.1, 0.15) is 0 Å². The third-order valence-electron chi connectivity index (χ3n) is 2.75. The van der Waals surface area contributed by atoms with Crippen LogP contribution in [0.25, 0.3) is 0 Å². The lowest BCUT2D eigenvalue weighted by molar-refractivity contribution is 0.102. The predicted molar refractivity (Wildman–Crippen MR) is 81.2 cm³/mol. The van der Waals surface area contributed by atoms with Gasteiger partial charge in [0, 0.05) is 3.57 Å². The molecule has 0 radical (unpaired) electrons. The highest BCUT2D eigenvalue weighted by molar-refractivity contribution is 14.1. The van der Waals surface area contributed by atoms with E-state index in [-0.39, 0.29) is 11.9 Å². The SMILES string of the molecule is Cc1cccc(C(=O)Nc2nnc(C)c(C)n2)c1I. The Hall–Kier alpha value is -1.57. The second kappa shape index (κ2) is 5.60. The number of aryl methyl sites for hydroxylation is 3. The minimum Gasteiger partial charge on any atom is -0.289 e. The molecule has 0 bridgehead atoms. The van der Waals surface area contributed by atoms with Gasteiger partial charge in [-0.3, -0.25) is 10.1 Å². The molecule has 19 heavy (non-hydrogen) atoms. The molecule has 6 heteroatoms. The van der Waals surface area contributed by atoms with Gasteiger partial charge in [0.15, 0.2) is 0 Å². The van der Waals surface area contributed by atoms with Gasteiger partial charge < -0.3 is 0 Å². The van der Waals surface area contributed by atoms with Crippen LogP contribution in [-0.2, 0) is 0 Å². The lowest BCUT2D eigenvalue weighted by Crippen LogP contribution is -2.17. The predicted octanol–water partition coefficient (Wildman–Crippen LogP) is 2.65. The van der Waals surface area contributed by atoms with Gasteiger partial charge in [-0.15, -0.1) is 5.10 Å². The number of nitrogens with one attached hydrogen (secondary N) is 1. The fourth-order valence-corrected chi connectivity index (χ4v) is 2.11. The van der Waals surface area contributed by atoms with Crippen molar-refractivity contribution in [2.24, 2.45) is 0 Å². The van der Waals surface area contributed by atoms with Crippen molar-refractivity contribution in [3.63, 3.8) is 0 Å². The maximum atomic E-state index is 12.2. The van der Waals surface area contributed by atoms with Gasteiger partial charge in [0.05, 0.1) is 17.0 Å². The molecule has 98 valence electrons. The molecule has 1 aromatic carbocycles. The number of carbonyl (C=O) groups excluding carboxylic acids is 1. The Balaban J connectivity index is 2.26. The van der Waals surface area contributed by atoms with Crippen LogP contribution in [0.2, 0.25) is 0 Å². The Labute approximate surface area is 125 Å². The molecule has 1 heterocycles. The molecular weight excluding hydrogens is 355 g/mol. The fourth-order valence-electron chi connectivity index (χ4n) is 1.50. The first-order valence-corrected chi connectivity index (χ1v) is 6.81. The van der Waals surface area contributed by atoms with Crippen LogP contribution in [0.4, 0.5) is 5.95 Å². The summed E-state index contributed by atoms with van der Waals surface area (Å²) in [6, 6.07) is 5.59. The maximum Gasteiger partial charge on any atom is 0.259 e. The number of rotatable bonds is 2. The van der Waals surface area contributed by atoms with E-state index in [1.54, 1.807) is 6.07 Å². The third-order valence-corrected chi connectivity index (χ3v) is 4.19. The quantitative estimate of drug-likeness (QED) is 0.828. The van der Waals surface area contributed by atoms with E-state index < -0.39 is 0 Å². The first kappa shape index (κ1) is 13.9. The number of benzene rings is 1. The summed E-state index contributed by atoms with van der Waals surface area (Å²) in [7, 11) is 0. The maximum absolute atomic E-state index is 12.2. The topological polar surface area (TPSA) is 67.8 Å². The van der Waals surface area contributed by atoms with Gasteiger partial charge in [-0.1, -0.05) is 12.1 Å². The van der Waals surface area contributed by atoms with E-state index in [4.69, 9.17) is 0 Å². The first-order valence-electron chi connectivity index (χ1n) is 5.73. The van der Waals surface area contributed by atoms with Crippen LogP contribution in [0.1, 0.15) is 27.3 Å². The number of hydrogen-bond donors (Lipinski definition) is 1. The lowest BCUT2D eigenvalue weighted by atomic mass is 10.1. The largest absolute Gasteiger partial charge is 0.289 e. The van der Waals surface area contributed by atoms with Gasteiger partial charge in [0.25, 0.3) is 5.91 Å². The molecule has 0 saturated carbocycles. The standard InChI is InChI=1S/C13H13IN4O/c1-7-5-4-6-10(11(7)14)12(19)16-13-15-8(2)9(3)17-18-13/h4-6H,1-3H3,(H,15,16,18,19). The number of amides is 1. The highest BCUT2D eigenvalue weighted by atomic mass is 127. The van der Waals surface area contributed by atoms with E-state index in [9.17, 15) is 4.79 Å². The Morgan fingerprint density at radius 1 is 1.16 bits per heavy atom. The zero-order valence-electron chi connectivity index (χ0n) is 10.9. The number of aromatic nitrogens is 3. The van der Waals surface area contributed by atoms with Crippen molar-refractivity contribution in [3.8, 4) is 0 Å². The van der Waals surface area contributed by atoms with E-state index in [1.165, 1.54) is 0 Å². The highest BCUT2D eigenvalue weighted by Crippen LogP contribution is 2.17. The average molecular weight is 368 g/mol. The smallest absolute Gasteiger partial charge is 0.259 e. The molecule has 1 aromatic heterocycles. The first-order chi connectivity index (χ1) is 8.99. The fraction of sp³-hybridized carbons (Fsp3) is 0.231. The minimum atomic E-state index is -0.224. The van der Waals surface area contributed by atoms with Crippen molar-refractivity contribution in [3.05, 3.63) is 44.3 Å².